The van der Waals surface area contributed by atoms with Crippen molar-refractivity contribution in [2.24, 2.45) is 13.0 Å². The highest BCUT2D eigenvalue weighted by molar-refractivity contribution is 5.94. The van der Waals surface area contributed by atoms with Crippen LogP contribution < -0.4 is 21.3 Å². The summed E-state index contributed by atoms with van der Waals surface area (Å²) in [5, 5.41) is 16.2. The summed E-state index contributed by atoms with van der Waals surface area (Å²) in [6.07, 6.45) is 5.89. The van der Waals surface area contributed by atoms with Crippen molar-refractivity contribution in [1.29, 1.82) is 0 Å². The van der Waals surface area contributed by atoms with E-state index in [0.717, 1.165) is 24.9 Å². The zero-order chi connectivity index (χ0) is 18.8. The van der Waals surface area contributed by atoms with Crippen molar-refractivity contribution in [3.63, 3.8) is 0 Å². The predicted octanol–water partition coefficient (Wildman–Crippen LogP) is 2.07. The molecule has 8 nitrogen and oxygen atoms in total. The number of hydrogen-bond donors (Lipinski definition) is 4. The lowest BCUT2D eigenvalue weighted by atomic mass is 9.90. The molecule has 2 aromatic rings. The minimum atomic E-state index is -0.189. The van der Waals surface area contributed by atoms with Gasteiger partial charge in [0, 0.05) is 49.7 Å². The zero-order valence-corrected chi connectivity index (χ0v) is 16.5. The Labute approximate surface area is 169 Å². The minimum absolute atomic E-state index is 0. The van der Waals surface area contributed by atoms with Gasteiger partial charge in [-0.15, -0.1) is 12.4 Å². The lowest BCUT2D eigenvalue weighted by Gasteiger charge is -2.17. The summed E-state index contributed by atoms with van der Waals surface area (Å²) in [7, 11) is 1.88. The first kappa shape index (κ1) is 20.2. The molecule has 3 amide bonds. The first-order chi connectivity index (χ1) is 13.1. The van der Waals surface area contributed by atoms with Crippen LogP contribution in [-0.4, -0.2) is 40.9 Å². The number of hydrogen-bond acceptors (Lipinski definition) is 4. The molecule has 4 rings (SSSR count). The van der Waals surface area contributed by atoms with E-state index in [1.165, 1.54) is 0 Å². The van der Waals surface area contributed by atoms with Gasteiger partial charge in [0.15, 0.2) is 0 Å². The molecule has 9 heteroatoms. The molecule has 0 radical (unpaired) electrons. The number of halogens is 1. The van der Waals surface area contributed by atoms with Gasteiger partial charge < -0.3 is 21.3 Å². The largest absolute Gasteiger partial charge is 0.335 e. The number of benzene rings is 1. The Morgan fingerprint density at radius 3 is 2.39 bits per heavy atom. The number of amides is 3. The second-order valence-corrected chi connectivity index (χ2v) is 7.26. The number of nitrogens with one attached hydrogen (secondary N) is 4. The van der Waals surface area contributed by atoms with Crippen LogP contribution in [0.4, 0.5) is 16.2 Å². The molecular weight excluding hydrogens is 380 g/mol. The molecule has 1 aromatic heterocycles. The Hall–Kier alpha value is -2.58. The second kappa shape index (κ2) is 8.62. The third-order valence-corrected chi connectivity index (χ3v) is 5.03. The first-order valence-corrected chi connectivity index (χ1v) is 9.26. The van der Waals surface area contributed by atoms with Crippen molar-refractivity contribution < 1.29 is 9.59 Å². The van der Waals surface area contributed by atoms with Gasteiger partial charge in [0.05, 0.1) is 12.1 Å². The summed E-state index contributed by atoms with van der Waals surface area (Å²) >= 11 is 0. The van der Waals surface area contributed by atoms with Crippen LogP contribution in [0.2, 0.25) is 0 Å². The molecule has 2 atom stereocenters. The van der Waals surface area contributed by atoms with Crippen molar-refractivity contribution in [2.75, 3.05) is 23.7 Å². The van der Waals surface area contributed by atoms with Crippen molar-refractivity contribution in [1.82, 2.24) is 20.4 Å². The number of carbonyl (C=O) groups excluding carboxylic acids is 2. The third-order valence-electron chi connectivity index (χ3n) is 5.03. The fourth-order valence-electron chi connectivity index (χ4n) is 3.39. The van der Waals surface area contributed by atoms with E-state index in [1.54, 1.807) is 28.9 Å². The van der Waals surface area contributed by atoms with E-state index in [9.17, 15) is 9.59 Å². The average Bonchev–Trinajstić information content (AvgIpc) is 3.14. The van der Waals surface area contributed by atoms with Gasteiger partial charge in [-0.1, -0.05) is 0 Å². The highest BCUT2D eigenvalue weighted by Crippen LogP contribution is 2.29. The van der Waals surface area contributed by atoms with Gasteiger partial charge >= 0.3 is 6.03 Å². The van der Waals surface area contributed by atoms with Gasteiger partial charge in [0.25, 0.3) is 0 Å². The molecule has 1 saturated carbocycles. The highest BCUT2D eigenvalue weighted by Gasteiger charge is 2.34. The highest BCUT2D eigenvalue weighted by atomic mass is 35.5. The zero-order valence-electron chi connectivity index (χ0n) is 15.6. The van der Waals surface area contributed by atoms with Crippen LogP contribution in [0, 0.1) is 5.92 Å². The molecule has 4 N–H and O–H groups in total. The predicted molar refractivity (Wildman–Crippen MR) is 110 cm³/mol. The van der Waals surface area contributed by atoms with Gasteiger partial charge in [-0.3, -0.25) is 9.48 Å². The van der Waals surface area contributed by atoms with Crippen molar-refractivity contribution in [3.8, 4) is 0 Å². The molecule has 2 fully saturated rings. The molecule has 2 heterocycles. The SMILES string of the molecule is Cl.Cn1cc([C@H]2CNC[C@@H]2C(=O)Nc2ccc(NC(=O)NC3CC3)cc2)cn1. The number of nitrogens with zero attached hydrogens (tertiary/aromatic N) is 2. The van der Waals surface area contributed by atoms with Crippen LogP contribution >= 0.6 is 12.4 Å². The lowest BCUT2D eigenvalue weighted by Crippen LogP contribution is -2.30. The molecule has 2 aliphatic rings. The normalized spacial score (nSPS) is 20.9. The fourth-order valence-corrected chi connectivity index (χ4v) is 3.39. The van der Waals surface area contributed by atoms with Crippen LogP contribution in [0.5, 0.6) is 0 Å². The van der Waals surface area contributed by atoms with Crippen LogP contribution in [0.15, 0.2) is 36.7 Å². The van der Waals surface area contributed by atoms with E-state index in [4.69, 9.17) is 0 Å². The van der Waals surface area contributed by atoms with E-state index in [0.29, 0.717) is 24.0 Å². The molecule has 1 aliphatic carbocycles. The molecule has 1 aliphatic heterocycles. The maximum Gasteiger partial charge on any atom is 0.319 e. The molecule has 1 aromatic carbocycles. The molecule has 0 bridgehead atoms. The van der Waals surface area contributed by atoms with E-state index in [2.05, 4.69) is 26.4 Å². The van der Waals surface area contributed by atoms with Gasteiger partial charge in [-0.25, -0.2) is 4.79 Å². The molecular formula is C19H25ClN6O2. The monoisotopic (exact) mass is 404 g/mol. The van der Waals surface area contributed by atoms with Gasteiger partial charge in [-0.2, -0.15) is 5.10 Å². The summed E-state index contributed by atoms with van der Waals surface area (Å²) in [6, 6.07) is 7.29. The van der Waals surface area contributed by atoms with Crippen molar-refractivity contribution in [2.45, 2.75) is 24.8 Å². The number of aryl methyl sites for hydroxylation is 1. The quantitative estimate of drug-likeness (QED) is 0.612. The Balaban J connectivity index is 0.00000225. The number of carbonyl (C=O) groups is 2. The summed E-state index contributed by atoms with van der Waals surface area (Å²) in [5.41, 5.74) is 2.48. The van der Waals surface area contributed by atoms with Crippen molar-refractivity contribution >= 4 is 35.7 Å². The Morgan fingerprint density at radius 1 is 1.11 bits per heavy atom. The van der Waals surface area contributed by atoms with Crippen LogP contribution in [-0.2, 0) is 11.8 Å². The Bertz CT molecular complexity index is 833. The lowest BCUT2D eigenvalue weighted by molar-refractivity contribution is -0.119. The van der Waals surface area contributed by atoms with Gasteiger partial charge in [0.1, 0.15) is 0 Å². The third kappa shape index (κ3) is 4.82. The molecule has 0 unspecified atom stereocenters. The Morgan fingerprint density at radius 2 is 1.79 bits per heavy atom. The number of urea groups is 1. The van der Waals surface area contributed by atoms with Crippen LogP contribution in [0.1, 0.15) is 24.3 Å². The molecule has 28 heavy (non-hydrogen) atoms. The van der Waals surface area contributed by atoms with E-state index < -0.39 is 0 Å². The number of aromatic nitrogens is 2. The van der Waals surface area contributed by atoms with E-state index in [-0.39, 0.29) is 36.2 Å². The fraction of sp³-hybridized carbons (Fsp3) is 0.421. The maximum absolute atomic E-state index is 12.7. The number of anilines is 2. The first-order valence-electron chi connectivity index (χ1n) is 9.26. The maximum atomic E-state index is 12.7. The van der Waals surface area contributed by atoms with Gasteiger partial charge in [0.2, 0.25) is 5.91 Å². The second-order valence-electron chi connectivity index (χ2n) is 7.26. The minimum Gasteiger partial charge on any atom is -0.335 e. The molecule has 150 valence electrons. The molecule has 1 saturated heterocycles. The summed E-state index contributed by atoms with van der Waals surface area (Å²) < 4.78 is 1.76. The summed E-state index contributed by atoms with van der Waals surface area (Å²) in [5.74, 6) is -0.0388. The van der Waals surface area contributed by atoms with E-state index in [1.807, 2.05) is 19.4 Å². The number of rotatable bonds is 5. The smallest absolute Gasteiger partial charge is 0.319 e. The standard InChI is InChI=1S/C19H24N6O2.ClH/c1-25-11-12(8-21-25)16-9-20-10-17(16)18(26)22-13-2-4-14(5-3-13)23-19(27)24-15-6-7-15;/h2-5,8,11,15-17,20H,6-7,9-10H2,1H3,(H,22,26)(H2,23,24,27);1H/t16-,17+;/m1./s1. The Kier molecular flexibility index (Phi) is 6.21. The topological polar surface area (TPSA) is 100 Å². The van der Waals surface area contributed by atoms with Crippen LogP contribution in [0.3, 0.4) is 0 Å². The van der Waals surface area contributed by atoms with Crippen molar-refractivity contribution in [3.05, 3.63) is 42.2 Å². The molecule has 0 spiro atoms. The average molecular weight is 405 g/mol. The summed E-state index contributed by atoms with van der Waals surface area (Å²) in [6.45, 7) is 1.41. The summed E-state index contributed by atoms with van der Waals surface area (Å²) in [4.78, 5) is 24.5. The van der Waals surface area contributed by atoms with E-state index >= 15 is 0 Å². The van der Waals surface area contributed by atoms with Crippen LogP contribution in [0.25, 0.3) is 0 Å². The van der Waals surface area contributed by atoms with Gasteiger partial charge in [-0.05, 0) is 42.7 Å².